The first-order valence-corrected chi connectivity index (χ1v) is 8.51. The molecule has 1 fully saturated rings. The molecule has 1 aromatic carbocycles. The number of aliphatic hydroxyl groups excluding tert-OH is 1. The summed E-state index contributed by atoms with van der Waals surface area (Å²) in [6.07, 6.45) is 0.588. The SMILES string of the molecule is CC(O)C(Nc1c(F)cc2c(=O)c(C(=O)O)cn(C3CC3)c2c1[N+](=O)[O-])C(=O)O. The number of nitrogens with one attached hydrogen (secondary N) is 1. The molecule has 0 aliphatic heterocycles. The molecule has 0 spiro atoms. The van der Waals surface area contributed by atoms with Gasteiger partial charge in [-0.05, 0) is 25.8 Å². The van der Waals surface area contributed by atoms with E-state index in [0.29, 0.717) is 18.9 Å². The van der Waals surface area contributed by atoms with Crippen molar-refractivity contribution in [3.8, 4) is 0 Å². The lowest BCUT2D eigenvalue weighted by molar-refractivity contribution is -0.382. The molecule has 2 atom stereocenters. The van der Waals surface area contributed by atoms with Gasteiger partial charge in [0.2, 0.25) is 5.43 Å². The van der Waals surface area contributed by atoms with Crippen LogP contribution in [-0.2, 0) is 4.79 Å². The molecule has 0 bridgehead atoms. The summed E-state index contributed by atoms with van der Waals surface area (Å²) in [7, 11) is 0. The number of carbonyl (C=O) groups is 2. The number of carboxylic acid groups (broad SMARTS) is 2. The molecule has 1 aliphatic carbocycles. The number of anilines is 1. The number of aromatic nitrogens is 1. The minimum absolute atomic E-state index is 0.314. The highest BCUT2D eigenvalue weighted by atomic mass is 19.1. The fourth-order valence-corrected chi connectivity index (χ4v) is 3.12. The monoisotopic (exact) mass is 409 g/mol. The van der Waals surface area contributed by atoms with E-state index in [1.807, 2.05) is 0 Å². The predicted octanol–water partition coefficient (Wildman–Crippen LogP) is 1.33. The summed E-state index contributed by atoms with van der Waals surface area (Å²) in [5.74, 6) is -4.45. The fourth-order valence-electron chi connectivity index (χ4n) is 3.12. The lowest BCUT2D eigenvalue weighted by atomic mass is 10.1. The number of nitro groups is 1. The van der Waals surface area contributed by atoms with Crippen molar-refractivity contribution in [3.63, 3.8) is 0 Å². The third-order valence-electron chi connectivity index (χ3n) is 4.64. The summed E-state index contributed by atoms with van der Waals surface area (Å²) in [5.41, 5.74) is -3.79. The molecule has 11 nitrogen and oxygen atoms in total. The number of aromatic carboxylic acids is 1. The molecule has 0 saturated heterocycles. The number of pyridine rings is 1. The molecule has 1 aromatic heterocycles. The second-order valence-corrected chi connectivity index (χ2v) is 6.75. The van der Waals surface area contributed by atoms with Crippen molar-refractivity contribution in [2.75, 3.05) is 5.32 Å². The van der Waals surface area contributed by atoms with E-state index in [2.05, 4.69) is 5.32 Å². The van der Waals surface area contributed by atoms with Crippen LogP contribution in [0, 0.1) is 15.9 Å². The predicted molar refractivity (Wildman–Crippen MR) is 96.8 cm³/mol. The van der Waals surface area contributed by atoms with E-state index in [9.17, 15) is 44.2 Å². The van der Waals surface area contributed by atoms with E-state index in [-0.39, 0.29) is 11.6 Å². The molecule has 0 amide bonds. The van der Waals surface area contributed by atoms with Crippen LogP contribution in [-0.4, -0.2) is 48.9 Å². The maximum Gasteiger partial charge on any atom is 0.341 e. The number of aliphatic hydroxyl groups is 1. The van der Waals surface area contributed by atoms with Crippen LogP contribution in [0.4, 0.5) is 15.8 Å². The number of rotatable bonds is 7. The van der Waals surface area contributed by atoms with Crippen molar-refractivity contribution in [3.05, 3.63) is 44.0 Å². The van der Waals surface area contributed by atoms with Gasteiger partial charge in [-0.2, -0.15) is 0 Å². The summed E-state index contributed by atoms with van der Waals surface area (Å²) in [6, 6.07) is -1.44. The zero-order valence-electron chi connectivity index (χ0n) is 15.0. The number of carboxylic acids is 2. The Hall–Kier alpha value is -3.54. The number of hydrogen-bond donors (Lipinski definition) is 4. The molecule has 12 heteroatoms. The van der Waals surface area contributed by atoms with Crippen LogP contribution in [0.3, 0.4) is 0 Å². The first-order chi connectivity index (χ1) is 13.5. The smallest absolute Gasteiger partial charge is 0.341 e. The van der Waals surface area contributed by atoms with Crippen molar-refractivity contribution in [2.24, 2.45) is 0 Å². The van der Waals surface area contributed by atoms with E-state index in [0.717, 1.165) is 13.1 Å². The van der Waals surface area contributed by atoms with Crippen LogP contribution < -0.4 is 10.7 Å². The zero-order chi connectivity index (χ0) is 21.6. The summed E-state index contributed by atoms with van der Waals surface area (Å²) in [6.45, 7) is 1.11. The molecule has 2 aromatic rings. The van der Waals surface area contributed by atoms with Crippen LogP contribution in [0.15, 0.2) is 17.1 Å². The van der Waals surface area contributed by atoms with E-state index in [1.165, 1.54) is 4.57 Å². The Morgan fingerprint density at radius 3 is 2.45 bits per heavy atom. The number of nitro benzene ring substituents is 1. The van der Waals surface area contributed by atoms with Gasteiger partial charge in [-0.25, -0.2) is 14.0 Å². The quantitative estimate of drug-likeness (QED) is 0.389. The Kier molecular flexibility index (Phi) is 4.96. The molecule has 1 heterocycles. The Labute approximate surface area is 161 Å². The number of halogens is 1. The summed E-state index contributed by atoms with van der Waals surface area (Å²) < 4.78 is 16.0. The van der Waals surface area contributed by atoms with Crippen LogP contribution in [0.5, 0.6) is 0 Å². The summed E-state index contributed by atoms with van der Waals surface area (Å²) in [5, 5.41) is 41.5. The minimum atomic E-state index is -1.76. The maximum absolute atomic E-state index is 14.8. The lowest BCUT2D eigenvalue weighted by Gasteiger charge is -2.20. The van der Waals surface area contributed by atoms with Crippen LogP contribution in [0.25, 0.3) is 10.9 Å². The van der Waals surface area contributed by atoms with Crippen molar-refractivity contribution in [2.45, 2.75) is 38.0 Å². The second-order valence-electron chi connectivity index (χ2n) is 6.75. The molecule has 1 aliphatic rings. The largest absolute Gasteiger partial charge is 0.480 e. The zero-order valence-corrected chi connectivity index (χ0v) is 15.0. The topological polar surface area (TPSA) is 172 Å². The molecule has 3 rings (SSSR count). The van der Waals surface area contributed by atoms with Gasteiger partial charge in [-0.3, -0.25) is 14.9 Å². The van der Waals surface area contributed by atoms with Gasteiger partial charge in [0.1, 0.15) is 11.1 Å². The molecule has 1 saturated carbocycles. The number of hydrogen-bond acceptors (Lipinski definition) is 7. The number of fused-ring (bicyclic) bond motifs is 1. The van der Waals surface area contributed by atoms with Crippen molar-refractivity contribution in [1.29, 1.82) is 0 Å². The van der Waals surface area contributed by atoms with Crippen molar-refractivity contribution < 1.29 is 34.2 Å². The Bertz CT molecular complexity index is 1110. The lowest BCUT2D eigenvalue weighted by Crippen LogP contribution is -2.39. The van der Waals surface area contributed by atoms with Gasteiger partial charge in [0.25, 0.3) is 0 Å². The molecular formula is C17H16FN3O8. The van der Waals surface area contributed by atoms with Crippen LogP contribution in [0.2, 0.25) is 0 Å². The second kappa shape index (κ2) is 7.13. The Morgan fingerprint density at radius 2 is 2.00 bits per heavy atom. The van der Waals surface area contributed by atoms with Gasteiger partial charge in [-0.1, -0.05) is 0 Å². The number of aliphatic carboxylic acids is 1. The van der Waals surface area contributed by atoms with E-state index in [4.69, 9.17) is 0 Å². The molecule has 2 unspecified atom stereocenters. The summed E-state index contributed by atoms with van der Waals surface area (Å²) >= 11 is 0. The molecule has 4 N–H and O–H groups in total. The standard InChI is InChI=1S/C17H16FN3O8/c1-6(22)11(17(26)27)19-12-10(18)4-8-13(14(12)21(28)29)20(7-2-3-7)5-9(15(8)23)16(24)25/h4-7,11,19,22H,2-3H2,1H3,(H,24,25)(H,26,27). The number of nitrogens with zero attached hydrogens (tertiary/aromatic N) is 2. The first-order valence-electron chi connectivity index (χ1n) is 8.51. The van der Waals surface area contributed by atoms with Crippen molar-refractivity contribution >= 4 is 34.2 Å². The Balaban J connectivity index is 2.41. The fraction of sp³-hybridized carbons (Fsp3) is 0.353. The normalized spacial score (nSPS) is 15.7. The molecular weight excluding hydrogens is 393 g/mol. The highest BCUT2D eigenvalue weighted by molar-refractivity contribution is 5.99. The maximum atomic E-state index is 14.8. The van der Waals surface area contributed by atoms with Gasteiger partial charge in [0.05, 0.1) is 16.4 Å². The van der Waals surface area contributed by atoms with Crippen LogP contribution >= 0.6 is 0 Å². The third-order valence-corrected chi connectivity index (χ3v) is 4.64. The molecule has 0 radical (unpaired) electrons. The van der Waals surface area contributed by atoms with Crippen LogP contribution in [0.1, 0.15) is 36.2 Å². The summed E-state index contributed by atoms with van der Waals surface area (Å²) in [4.78, 5) is 46.0. The minimum Gasteiger partial charge on any atom is -0.480 e. The van der Waals surface area contributed by atoms with Gasteiger partial charge in [0, 0.05) is 12.2 Å². The molecule has 154 valence electrons. The van der Waals surface area contributed by atoms with E-state index >= 15 is 0 Å². The average molecular weight is 409 g/mol. The van der Waals surface area contributed by atoms with E-state index < -0.39 is 62.6 Å². The van der Waals surface area contributed by atoms with Gasteiger partial charge < -0.3 is 25.2 Å². The number of benzene rings is 1. The van der Waals surface area contributed by atoms with E-state index in [1.54, 1.807) is 0 Å². The highest BCUT2D eigenvalue weighted by Gasteiger charge is 2.35. The Morgan fingerprint density at radius 1 is 1.38 bits per heavy atom. The first kappa shape index (κ1) is 20.2. The highest BCUT2D eigenvalue weighted by Crippen LogP contribution is 2.42. The van der Waals surface area contributed by atoms with Gasteiger partial charge >= 0.3 is 17.6 Å². The third kappa shape index (κ3) is 3.49. The average Bonchev–Trinajstić information content (AvgIpc) is 3.44. The van der Waals surface area contributed by atoms with Crippen molar-refractivity contribution in [1.82, 2.24) is 4.57 Å². The molecule has 29 heavy (non-hydrogen) atoms. The van der Waals surface area contributed by atoms with Gasteiger partial charge in [0.15, 0.2) is 17.5 Å². The van der Waals surface area contributed by atoms with Gasteiger partial charge in [-0.15, -0.1) is 0 Å².